The van der Waals surface area contributed by atoms with E-state index in [0.29, 0.717) is 5.92 Å². The molecule has 41 heavy (non-hydrogen) atoms. The second kappa shape index (κ2) is 13.1. The van der Waals surface area contributed by atoms with Gasteiger partial charge in [-0.25, -0.2) is 0 Å². The quantitative estimate of drug-likeness (QED) is 0.138. The first kappa shape index (κ1) is 27.8. The van der Waals surface area contributed by atoms with E-state index in [2.05, 4.69) is 29.2 Å². The van der Waals surface area contributed by atoms with Gasteiger partial charge in [0.05, 0.1) is 18.9 Å². The van der Waals surface area contributed by atoms with Crippen LogP contribution in [-0.4, -0.2) is 36.0 Å². The van der Waals surface area contributed by atoms with Crippen LogP contribution in [0.25, 0.3) is 0 Å². The SMILES string of the molecule is O=P(OCc1ccccc1)(OCc1ccccc1)[C@H](N=C(c1ccccc1)c1ccccc1)[C@H]1CN2CCC1CC2. The third kappa shape index (κ3) is 6.77. The molecule has 210 valence electrons. The van der Waals surface area contributed by atoms with Crippen molar-refractivity contribution in [1.82, 2.24) is 4.90 Å². The molecule has 4 aromatic carbocycles. The number of piperidine rings is 3. The van der Waals surface area contributed by atoms with Crippen LogP contribution in [-0.2, 0) is 26.8 Å². The maximum Gasteiger partial charge on any atom is 0.355 e. The van der Waals surface area contributed by atoms with Crippen molar-refractivity contribution in [2.45, 2.75) is 31.8 Å². The zero-order valence-electron chi connectivity index (χ0n) is 23.3. The highest BCUT2D eigenvalue weighted by molar-refractivity contribution is 7.54. The van der Waals surface area contributed by atoms with E-state index in [4.69, 9.17) is 14.0 Å². The van der Waals surface area contributed by atoms with Crippen molar-refractivity contribution in [3.8, 4) is 0 Å². The fraction of sp³-hybridized carbons (Fsp3) is 0.286. The number of hydrogen-bond acceptors (Lipinski definition) is 5. The van der Waals surface area contributed by atoms with Gasteiger partial charge in [0, 0.05) is 23.6 Å². The van der Waals surface area contributed by atoms with E-state index in [1.807, 2.05) is 97.1 Å². The molecule has 0 N–H and O–H groups in total. The van der Waals surface area contributed by atoms with E-state index in [0.717, 1.165) is 60.4 Å². The molecule has 0 unspecified atom stereocenters. The molecule has 3 fully saturated rings. The van der Waals surface area contributed by atoms with Crippen LogP contribution in [0.3, 0.4) is 0 Å². The van der Waals surface area contributed by atoms with Crippen LogP contribution in [0.4, 0.5) is 0 Å². The van der Waals surface area contributed by atoms with Crippen molar-refractivity contribution in [2.24, 2.45) is 16.8 Å². The molecule has 0 radical (unpaired) electrons. The van der Waals surface area contributed by atoms with Gasteiger partial charge in [-0.15, -0.1) is 0 Å². The van der Waals surface area contributed by atoms with Crippen molar-refractivity contribution in [2.75, 3.05) is 19.6 Å². The van der Waals surface area contributed by atoms with Crippen molar-refractivity contribution >= 4 is 13.3 Å². The van der Waals surface area contributed by atoms with Crippen molar-refractivity contribution < 1.29 is 13.6 Å². The third-order valence-electron chi connectivity index (χ3n) is 8.28. The first-order valence-electron chi connectivity index (χ1n) is 14.6. The number of aliphatic imine (C=N–C) groups is 1. The molecule has 3 aliphatic heterocycles. The number of benzene rings is 4. The molecule has 0 amide bonds. The van der Waals surface area contributed by atoms with Gasteiger partial charge in [0.1, 0.15) is 0 Å². The van der Waals surface area contributed by atoms with Gasteiger partial charge in [0.15, 0.2) is 5.78 Å². The second-order valence-electron chi connectivity index (χ2n) is 11.0. The lowest BCUT2D eigenvalue weighted by Gasteiger charge is -2.47. The minimum atomic E-state index is -3.77. The Morgan fingerprint density at radius 3 is 1.56 bits per heavy atom. The fourth-order valence-electron chi connectivity index (χ4n) is 6.06. The largest absolute Gasteiger partial charge is 0.355 e. The zero-order valence-corrected chi connectivity index (χ0v) is 24.2. The summed E-state index contributed by atoms with van der Waals surface area (Å²) in [4.78, 5) is 7.92. The highest BCUT2D eigenvalue weighted by Gasteiger charge is 2.48. The van der Waals surface area contributed by atoms with Gasteiger partial charge in [-0.2, -0.15) is 0 Å². The highest BCUT2D eigenvalue weighted by atomic mass is 31.2. The molecule has 6 heteroatoms. The van der Waals surface area contributed by atoms with Crippen LogP contribution >= 0.6 is 7.60 Å². The second-order valence-corrected chi connectivity index (χ2v) is 13.1. The van der Waals surface area contributed by atoms with Crippen LogP contribution in [0.1, 0.15) is 35.1 Å². The number of rotatable bonds is 11. The maximum absolute atomic E-state index is 15.3. The topological polar surface area (TPSA) is 51.1 Å². The summed E-state index contributed by atoms with van der Waals surface area (Å²) in [5, 5.41) is 0. The number of nitrogens with zero attached hydrogens (tertiary/aromatic N) is 2. The Bertz CT molecular complexity index is 1370. The zero-order chi connectivity index (χ0) is 27.9. The Kier molecular flexibility index (Phi) is 8.88. The van der Waals surface area contributed by atoms with E-state index in [1.165, 1.54) is 0 Å². The van der Waals surface area contributed by atoms with E-state index in [9.17, 15) is 0 Å². The predicted octanol–water partition coefficient (Wildman–Crippen LogP) is 7.82. The molecule has 0 aromatic heterocycles. The molecule has 0 spiro atoms. The predicted molar refractivity (Wildman–Crippen MR) is 165 cm³/mol. The first-order chi connectivity index (χ1) is 20.2. The molecule has 2 atom stereocenters. The molecule has 3 aliphatic rings. The van der Waals surface area contributed by atoms with E-state index in [-0.39, 0.29) is 19.1 Å². The van der Waals surface area contributed by atoms with E-state index in [1.54, 1.807) is 0 Å². The van der Waals surface area contributed by atoms with Crippen LogP contribution in [0, 0.1) is 11.8 Å². The van der Waals surface area contributed by atoms with Crippen LogP contribution in [0.15, 0.2) is 126 Å². The van der Waals surface area contributed by atoms with Crippen molar-refractivity contribution in [3.05, 3.63) is 144 Å². The Hall–Kier alpha value is -3.34. The molecule has 7 rings (SSSR count). The molecule has 3 heterocycles. The fourth-order valence-corrected chi connectivity index (χ4v) is 8.16. The van der Waals surface area contributed by atoms with Crippen molar-refractivity contribution in [1.29, 1.82) is 0 Å². The molecule has 5 nitrogen and oxygen atoms in total. The molecule has 0 saturated carbocycles. The number of fused-ring (bicyclic) bond motifs is 3. The Morgan fingerprint density at radius 2 is 1.15 bits per heavy atom. The Balaban J connectivity index is 1.45. The van der Waals surface area contributed by atoms with Crippen molar-refractivity contribution in [3.63, 3.8) is 0 Å². The summed E-state index contributed by atoms with van der Waals surface area (Å²) in [7, 11) is -3.77. The summed E-state index contributed by atoms with van der Waals surface area (Å²) >= 11 is 0. The molecule has 2 bridgehead atoms. The molecule has 3 saturated heterocycles. The monoisotopic (exact) mass is 564 g/mol. The minimum absolute atomic E-state index is 0.0669. The molecular weight excluding hydrogens is 527 g/mol. The summed E-state index contributed by atoms with van der Waals surface area (Å²) in [6, 6.07) is 40.2. The van der Waals surface area contributed by atoms with Crippen LogP contribution in [0.2, 0.25) is 0 Å². The first-order valence-corrected chi connectivity index (χ1v) is 16.2. The minimum Gasteiger partial charge on any atom is -0.303 e. The summed E-state index contributed by atoms with van der Waals surface area (Å²) in [5.74, 6) is -0.147. The summed E-state index contributed by atoms with van der Waals surface area (Å²) in [5.41, 5.74) is 4.71. The van der Waals surface area contributed by atoms with Gasteiger partial charge in [0.2, 0.25) is 0 Å². The lowest BCUT2D eigenvalue weighted by Crippen LogP contribution is -2.51. The van der Waals surface area contributed by atoms with Gasteiger partial charge < -0.3 is 13.9 Å². The summed E-state index contributed by atoms with van der Waals surface area (Å²) < 4.78 is 28.1. The lowest BCUT2D eigenvalue weighted by molar-refractivity contribution is 0.0421. The van der Waals surface area contributed by atoms with Gasteiger partial charge in [-0.05, 0) is 43.0 Å². The maximum atomic E-state index is 15.3. The Morgan fingerprint density at radius 1 is 0.707 bits per heavy atom. The lowest BCUT2D eigenvalue weighted by atomic mass is 9.79. The van der Waals surface area contributed by atoms with Crippen LogP contribution < -0.4 is 0 Å². The normalized spacial score (nSPS) is 20.8. The van der Waals surface area contributed by atoms with Gasteiger partial charge >= 0.3 is 7.60 Å². The highest BCUT2D eigenvalue weighted by Crippen LogP contribution is 2.60. The molecule has 4 aromatic rings. The van der Waals surface area contributed by atoms with Gasteiger partial charge in [-0.3, -0.25) is 9.56 Å². The van der Waals surface area contributed by atoms with Gasteiger partial charge in [-0.1, -0.05) is 121 Å². The smallest absolute Gasteiger partial charge is 0.303 e. The Labute approximate surface area is 243 Å². The third-order valence-corrected chi connectivity index (χ3v) is 10.4. The molecule has 0 aliphatic carbocycles. The van der Waals surface area contributed by atoms with E-state index < -0.39 is 13.4 Å². The van der Waals surface area contributed by atoms with E-state index >= 15 is 4.57 Å². The van der Waals surface area contributed by atoms with Gasteiger partial charge in [0.25, 0.3) is 0 Å². The average molecular weight is 565 g/mol. The summed E-state index contributed by atoms with van der Waals surface area (Å²) in [6.07, 6.45) is 2.17. The summed E-state index contributed by atoms with van der Waals surface area (Å²) in [6.45, 7) is 3.42. The van der Waals surface area contributed by atoms with Crippen LogP contribution in [0.5, 0.6) is 0 Å². The molecular formula is C35H37N2O3P. The average Bonchev–Trinajstić information content (AvgIpc) is 3.06. The standard InChI is InChI=1S/C35H37N2O3P/c38-41(39-26-28-13-5-1-6-14-28,40-27-29-15-7-2-8-16-29)35(33-25-37-23-21-30(33)22-24-37)36-34(31-17-9-3-10-18-31)32-19-11-4-12-20-32/h1-20,30,33,35H,21-27H2/t33-,35-/m0/s1. The number of hydrogen-bond donors (Lipinski definition) is 0.